The van der Waals surface area contributed by atoms with Crippen LogP contribution >= 0.6 is 0 Å². The van der Waals surface area contributed by atoms with Crippen LogP contribution < -0.4 is 14.2 Å². The number of hydrogen-bond donors (Lipinski definition) is 0. The maximum atomic E-state index is 11.4. The molecule has 32 heavy (non-hydrogen) atoms. The number of rotatable bonds is 5. The molecule has 0 aliphatic carbocycles. The highest BCUT2D eigenvalue weighted by molar-refractivity contribution is 6.01. The summed E-state index contributed by atoms with van der Waals surface area (Å²) in [5, 5.41) is 18.2. The van der Waals surface area contributed by atoms with E-state index in [9.17, 15) is 10.1 Å². The van der Waals surface area contributed by atoms with E-state index in [1.54, 1.807) is 26.4 Å². The predicted octanol–water partition coefficient (Wildman–Crippen LogP) is 4.85. The summed E-state index contributed by atoms with van der Waals surface area (Å²) in [6.07, 6.45) is 0.0979. The van der Waals surface area contributed by atoms with Crippen molar-refractivity contribution in [1.29, 1.82) is 0 Å². The molecule has 0 spiro atoms. The summed E-state index contributed by atoms with van der Waals surface area (Å²) in [6, 6.07) is 20.1. The van der Waals surface area contributed by atoms with Gasteiger partial charge < -0.3 is 14.2 Å². The standard InChI is InChI=1S/C24H21N3O5/c1-30-22-10-8-16(12-23(22)31-2)24-26-20(14-19(25-26)15-6-4-3-5-7-15)18-13-17(27(28)29)9-11-21(18)32-24/h3-13,20,24H,14H2,1-2H3. The third-order valence-corrected chi connectivity index (χ3v) is 5.78. The highest BCUT2D eigenvalue weighted by Crippen LogP contribution is 2.49. The summed E-state index contributed by atoms with van der Waals surface area (Å²) in [6.45, 7) is 0. The molecule has 3 aromatic carbocycles. The molecule has 0 saturated heterocycles. The number of hydrogen-bond acceptors (Lipinski definition) is 7. The van der Waals surface area contributed by atoms with E-state index >= 15 is 0 Å². The first kappa shape index (κ1) is 19.9. The Labute approximate surface area is 184 Å². The van der Waals surface area contributed by atoms with Crippen LogP contribution in [-0.2, 0) is 0 Å². The minimum atomic E-state index is -0.519. The third-order valence-electron chi connectivity index (χ3n) is 5.78. The van der Waals surface area contributed by atoms with Crippen molar-refractivity contribution in [3.63, 3.8) is 0 Å². The summed E-state index contributed by atoms with van der Waals surface area (Å²) in [4.78, 5) is 11.0. The van der Waals surface area contributed by atoms with Crippen molar-refractivity contribution in [2.45, 2.75) is 18.7 Å². The lowest BCUT2D eigenvalue weighted by molar-refractivity contribution is -0.385. The molecule has 0 radical (unpaired) electrons. The van der Waals surface area contributed by atoms with Gasteiger partial charge in [0.2, 0.25) is 6.23 Å². The molecule has 3 aromatic rings. The lowest BCUT2D eigenvalue weighted by Crippen LogP contribution is -2.33. The predicted molar refractivity (Wildman–Crippen MR) is 118 cm³/mol. The molecule has 0 N–H and O–H groups in total. The zero-order valence-electron chi connectivity index (χ0n) is 17.6. The Morgan fingerprint density at radius 3 is 2.53 bits per heavy atom. The van der Waals surface area contributed by atoms with E-state index < -0.39 is 6.23 Å². The molecule has 162 valence electrons. The van der Waals surface area contributed by atoms with Crippen LogP contribution in [0.1, 0.15) is 35.4 Å². The topological polar surface area (TPSA) is 86.4 Å². The number of nitro benzene ring substituents is 1. The fraction of sp³-hybridized carbons (Fsp3) is 0.208. The Hall–Kier alpha value is -4.07. The lowest BCUT2D eigenvalue weighted by atomic mass is 9.95. The van der Waals surface area contributed by atoms with E-state index in [1.165, 1.54) is 6.07 Å². The number of hydrazone groups is 1. The van der Waals surface area contributed by atoms with Gasteiger partial charge in [-0.05, 0) is 29.8 Å². The van der Waals surface area contributed by atoms with Gasteiger partial charge in [-0.15, -0.1) is 0 Å². The van der Waals surface area contributed by atoms with Crippen molar-refractivity contribution in [2.75, 3.05) is 14.2 Å². The average molecular weight is 431 g/mol. The Kier molecular flexibility index (Phi) is 4.89. The number of non-ortho nitro benzene ring substituents is 1. The molecular formula is C24H21N3O5. The van der Waals surface area contributed by atoms with Crippen molar-refractivity contribution in [1.82, 2.24) is 5.01 Å². The molecule has 0 fully saturated rings. The van der Waals surface area contributed by atoms with Crippen LogP contribution in [0.2, 0.25) is 0 Å². The molecule has 0 amide bonds. The molecule has 0 bridgehead atoms. The van der Waals surface area contributed by atoms with Gasteiger partial charge in [-0.2, -0.15) is 5.10 Å². The Morgan fingerprint density at radius 2 is 1.81 bits per heavy atom. The fourth-order valence-corrected chi connectivity index (χ4v) is 4.22. The van der Waals surface area contributed by atoms with Crippen LogP contribution in [-0.4, -0.2) is 29.9 Å². The highest BCUT2D eigenvalue weighted by atomic mass is 16.6. The van der Waals surface area contributed by atoms with E-state index in [0.717, 1.165) is 22.4 Å². The smallest absolute Gasteiger partial charge is 0.270 e. The van der Waals surface area contributed by atoms with Gasteiger partial charge in [0.25, 0.3) is 5.69 Å². The van der Waals surface area contributed by atoms with Crippen molar-refractivity contribution >= 4 is 11.4 Å². The van der Waals surface area contributed by atoms with Gasteiger partial charge in [-0.1, -0.05) is 30.3 Å². The second-order valence-corrected chi connectivity index (χ2v) is 7.58. The van der Waals surface area contributed by atoms with Crippen LogP contribution in [0.4, 0.5) is 5.69 Å². The minimum Gasteiger partial charge on any atom is -0.493 e. The van der Waals surface area contributed by atoms with Crippen LogP contribution in [0.5, 0.6) is 17.2 Å². The third kappa shape index (κ3) is 3.30. The van der Waals surface area contributed by atoms with E-state index in [0.29, 0.717) is 23.7 Å². The Bertz CT molecular complexity index is 1210. The molecule has 2 unspecified atom stereocenters. The molecule has 2 aliphatic rings. The van der Waals surface area contributed by atoms with E-state index in [2.05, 4.69) is 0 Å². The molecule has 0 aromatic heterocycles. The van der Waals surface area contributed by atoms with Gasteiger partial charge in [0, 0.05) is 29.7 Å². The van der Waals surface area contributed by atoms with E-state index in [-0.39, 0.29) is 16.7 Å². The quantitative estimate of drug-likeness (QED) is 0.424. The first-order chi connectivity index (χ1) is 15.6. The SMILES string of the molecule is COc1ccc(C2Oc3ccc([N+](=O)[O-])cc3C3CC(c4ccccc4)=NN32)cc1OC. The highest BCUT2D eigenvalue weighted by Gasteiger charge is 2.42. The van der Waals surface area contributed by atoms with Crippen LogP contribution in [0.25, 0.3) is 0 Å². The fourth-order valence-electron chi connectivity index (χ4n) is 4.22. The number of benzene rings is 3. The molecular weight excluding hydrogens is 410 g/mol. The molecule has 2 heterocycles. The van der Waals surface area contributed by atoms with Gasteiger partial charge in [0.15, 0.2) is 11.5 Å². The first-order valence-corrected chi connectivity index (χ1v) is 10.2. The van der Waals surface area contributed by atoms with Gasteiger partial charge in [0.1, 0.15) is 5.75 Å². The second-order valence-electron chi connectivity index (χ2n) is 7.58. The van der Waals surface area contributed by atoms with Crippen molar-refractivity contribution < 1.29 is 19.1 Å². The number of methoxy groups -OCH3 is 2. The van der Waals surface area contributed by atoms with E-state index in [4.69, 9.17) is 19.3 Å². The number of nitro groups is 1. The zero-order valence-corrected chi connectivity index (χ0v) is 17.6. The molecule has 8 heteroatoms. The van der Waals surface area contributed by atoms with Crippen molar-refractivity contribution in [3.05, 3.63) is 93.5 Å². The first-order valence-electron chi connectivity index (χ1n) is 10.2. The normalized spacial score (nSPS) is 18.8. The van der Waals surface area contributed by atoms with Crippen molar-refractivity contribution in [3.8, 4) is 17.2 Å². The zero-order chi connectivity index (χ0) is 22.2. The largest absolute Gasteiger partial charge is 0.493 e. The van der Waals surface area contributed by atoms with Gasteiger partial charge in [0.05, 0.1) is 30.9 Å². The maximum Gasteiger partial charge on any atom is 0.270 e. The summed E-state index contributed by atoms with van der Waals surface area (Å²) in [5.74, 6) is 1.82. The monoisotopic (exact) mass is 431 g/mol. The van der Waals surface area contributed by atoms with Crippen molar-refractivity contribution in [2.24, 2.45) is 5.10 Å². The van der Waals surface area contributed by atoms with E-state index in [1.807, 2.05) is 53.5 Å². The number of ether oxygens (including phenoxy) is 3. The van der Waals surface area contributed by atoms with Gasteiger partial charge >= 0.3 is 0 Å². The summed E-state index contributed by atoms with van der Waals surface area (Å²) in [5.41, 5.74) is 3.55. The summed E-state index contributed by atoms with van der Waals surface area (Å²) in [7, 11) is 3.17. The van der Waals surface area contributed by atoms with Crippen LogP contribution in [0.15, 0.2) is 71.8 Å². The van der Waals surface area contributed by atoms with Crippen LogP contribution in [0.3, 0.4) is 0 Å². The Morgan fingerprint density at radius 1 is 1.03 bits per heavy atom. The lowest BCUT2D eigenvalue weighted by Gasteiger charge is -2.38. The second kappa shape index (κ2) is 7.88. The van der Waals surface area contributed by atoms with Gasteiger partial charge in [-0.3, -0.25) is 10.1 Å². The summed E-state index contributed by atoms with van der Waals surface area (Å²) < 4.78 is 17.2. The average Bonchev–Trinajstić information content (AvgIpc) is 3.29. The molecule has 5 rings (SSSR count). The molecule has 0 saturated carbocycles. The number of nitrogens with zero attached hydrogens (tertiary/aromatic N) is 3. The molecule has 2 atom stereocenters. The molecule has 8 nitrogen and oxygen atoms in total. The Balaban J connectivity index is 1.61. The van der Waals surface area contributed by atoms with Crippen LogP contribution in [0, 0.1) is 10.1 Å². The summed E-state index contributed by atoms with van der Waals surface area (Å²) >= 11 is 0. The minimum absolute atomic E-state index is 0.0324. The molecule has 2 aliphatic heterocycles. The number of fused-ring (bicyclic) bond motifs is 3. The van der Waals surface area contributed by atoms with Gasteiger partial charge in [-0.25, -0.2) is 5.01 Å². The maximum absolute atomic E-state index is 11.4.